The Morgan fingerprint density at radius 2 is 1.95 bits per heavy atom. The molecule has 0 bridgehead atoms. The Balaban J connectivity index is 2.20. The monoisotopic (exact) mass is 299 g/mol. The lowest BCUT2D eigenvalue weighted by atomic mass is 10.1. The molecule has 0 spiro atoms. The molecule has 0 amide bonds. The number of aromatic nitrogens is 4. The Kier molecular flexibility index (Phi) is 3.58. The van der Waals surface area contributed by atoms with Gasteiger partial charge < -0.3 is 5.73 Å². The van der Waals surface area contributed by atoms with Crippen LogP contribution >= 0.6 is 11.6 Å². The van der Waals surface area contributed by atoms with E-state index in [4.69, 9.17) is 17.3 Å². The average molecular weight is 300 g/mol. The molecule has 6 heteroatoms. The van der Waals surface area contributed by atoms with Gasteiger partial charge in [-0.3, -0.25) is 0 Å². The van der Waals surface area contributed by atoms with E-state index in [9.17, 15) is 0 Å². The quantitative estimate of drug-likeness (QED) is 0.754. The predicted molar refractivity (Wildman–Crippen MR) is 83.4 cm³/mol. The van der Waals surface area contributed by atoms with Crippen molar-refractivity contribution in [2.45, 2.75) is 13.3 Å². The fourth-order valence-corrected chi connectivity index (χ4v) is 2.44. The van der Waals surface area contributed by atoms with Crippen LogP contribution in [0.1, 0.15) is 12.5 Å². The molecule has 1 aromatic heterocycles. The minimum absolute atomic E-state index is 0.476. The van der Waals surface area contributed by atoms with E-state index in [0.717, 1.165) is 23.2 Å². The van der Waals surface area contributed by atoms with Gasteiger partial charge in [-0.25, -0.2) is 0 Å². The number of para-hydroxylation sites is 2. The molecule has 5 nitrogen and oxygen atoms in total. The SMILES string of the molecule is CCc1ccccc1-n1nnnc1-c1cccc(Cl)c1N. The van der Waals surface area contributed by atoms with Crippen molar-refractivity contribution >= 4 is 17.3 Å². The summed E-state index contributed by atoms with van der Waals surface area (Å²) < 4.78 is 1.70. The van der Waals surface area contributed by atoms with Gasteiger partial charge in [-0.1, -0.05) is 42.8 Å². The number of aryl methyl sites for hydroxylation is 1. The van der Waals surface area contributed by atoms with Crippen LogP contribution in [0.15, 0.2) is 42.5 Å². The molecule has 0 atom stereocenters. The van der Waals surface area contributed by atoms with Crippen LogP contribution in [0.4, 0.5) is 5.69 Å². The maximum atomic E-state index is 6.08. The van der Waals surface area contributed by atoms with Crippen LogP contribution in [-0.4, -0.2) is 20.2 Å². The zero-order chi connectivity index (χ0) is 14.8. The molecule has 0 saturated heterocycles. The Hall–Kier alpha value is -2.40. The maximum Gasteiger partial charge on any atom is 0.189 e. The van der Waals surface area contributed by atoms with Gasteiger partial charge in [0.2, 0.25) is 0 Å². The summed E-state index contributed by atoms with van der Waals surface area (Å²) in [5.74, 6) is 0.580. The van der Waals surface area contributed by atoms with Gasteiger partial charge in [0, 0.05) is 5.56 Å². The minimum Gasteiger partial charge on any atom is -0.397 e. The first-order valence-corrected chi connectivity index (χ1v) is 7.01. The first kappa shape index (κ1) is 13.6. The molecular formula is C15H14ClN5. The summed E-state index contributed by atoms with van der Waals surface area (Å²) in [5, 5.41) is 12.5. The molecule has 3 aromatic rings. The zero-order valence-corrected chi connectivity index (χ0v) is 12.2. The van der Waals surface area contributed by atoms with Gasteiger partial charge in [0.1, 0.15) is 0 Å². The number of halogens is 1. The fraction of sp³-hybridized carbons (Fsp3) is 0.133. The molecule has 0 aliphatic rings. The molecule has 2 N–H and O–H groups in total. The molecule has 0 radical (unpaired) electrons. The third-order valence-corrected chi connectivity index (χ3v) is 3.69. The molecule has 3 rings (SSSR count). The number of anilines is 1. The molecule has 21 heavy (non-hydrogen) atoms. The van der Waals surface area contributed by atoms with Gasteiger partial charge >= 0.3 is 0 Å². The number of rotatable bonds is 3. The summed E-state index contributed by atoms with van der Waals surface area (Å²) in [4.78, 5) is 0. The second kappa shape index (κ2) is 5.54. The van der Waals surface area contributed by atoms with Crippen LogP contribution in [0.25, 0.3) is 17.1 Å². The largest absolute Gasteiger partial charge is 0.397 e. The highest BCUT2D eigenvalue weighted by Gasteiger charge is 2.16. The number of nitrogens with zero attached hydrogens (tertiary/aromatic N) is 4. The lowest BCUT2D eigenvalue weighted by Gasteiger charge is -2.10. The summed E-state index contributed by atoms with van der Waals surface area (Å²) in [6.45, 7) is 2.09. The van der Waals surface area contributed by atoms with Crippen LogP contribution in [0.2, 0.25) is 5.02 Å². The van der Waals surface area contributed by atoms with Crippen molar-refractivity contribution in [1.82, 2.24) is 20.2 Å². The van der Waals surface area contributed by atoms with Crippen molar-refractivity contribution in [2.75, 3.05) is 5.73 Å². The number of nitrogen functional groups attached to an aromatic ring is 1. The van der Waals surface area contributed by atoms with Crippen molar-refractivity contribution in [3.05, 3.63) is 53.1 Å². The number of benzene rings is 2. The summed E-state index contributed by atoms with van der Waals surface area (Å²) in [5.41, 5.74) is 9.35. The lowest BCUT2D eigenvalue weighted by Crippen LogP contribution is -2.04. The molecule has 0 fully saturated rings. The molecule has 106 valence electrons. The first-order chi connectivity index (χ1) is 10.2. The number of hydrogen-bond acceptors (Lipinski definition) is 4. The van der Waals surface area contributed by atoms with E-state index in [2.05, 4.69) is 28.5 Å². The van der Waals surface area contributed by atoms with Gasteiger partial charge in [-0.15, -0.1) is 5.10 Å². The summed E-state index contributed by atoms with van der Waals surface area (Å²) in [7, 11) is 0. The maximum absolute atomic E-state index is 6.08. The van der Waals surface area contributed by atoms with Gasteiger partial charge in [-0.2, -0.15) is 4.68 Å². The summed E-state index contributed by atoms with van der Waals surface area (Å²) >= 11 is 6.08. The molecule has 0 saturated carbocycles. The van der Waals surface area contributed by atoms with Crippen molar-refractivity contribution < 1.29 is 0 Å². The van der Waals surface area contributed by atoms with E-state index in [-0.39, 0.29) is 0 Å². The third kappa shape index (κ3) is 2.36. The number of tetrazole rings is 1. The van der Waals surface area contributed by atoms with Crippen molar-refractivity contribution in [1.29, 1.82) is 0 Å². The second-order valence-corrected chi connectivity index (χ2v) is 5.00. The van der Waals surface area contributed by atoms with Crippen LogP contribution < -0.4 is 5.73 Å². The Morgan fingerprint density at radius 1 is 1.14 bits per heavy atom. The van der Waals surface area contributed by atoms with Gasteiger partial charge in [0.15, 0.2) is 5.82 Å². The molecule has 1 heterocycles. The molecule has 0 aliphatic heterocycles. The molecular weight excluding hydrogens is 286 g/mol. The smallest absolute Gasteiger partial charge is 0.189 e. The van der Waals surface area contributed by atoms with Crippen LogP contribution in [0.3, 0.4) is 0 Å². The number of nitrogens with two attached hydrogens (primary N) is 1. The zero-order valence-electron chi connectivity index (χ0n) is 11.5. The van der Waals surface area contributed by atoms with E-state index >= 15 is 0 Å². The standard InChI is InChI=1S/C15H14ClN5/c1-2-10-6-3-4-9-13(10)21-15(18-19-20-21)11-7-5-8-12(16)14(11)17/h3-9H,2,17H2,1H3. The molecule has 2 aromatic carbocycles. The highest BCUT2D eigenvalue weighted by atomic mass is 35.5. The van der Waals surface area contributed by atoms with Crippen LogP contribution in [-0.2, 0) is 6.42 Å². The first-order valence-electron chi connectivity index (χ1n) is 6.63. The third-order valence-electron chi connectivity index (χ3n) is 3.36. The van der Waals surface area contributed by atoms with Crippen molar-refractivity contribution in [3.63, 3.8) is 0 Å². The van der Waals surface area contributed by atoms with Gasteiger partial charge in [0.05, 0.1) is 16.4 Å². The topological polar surface area (TPSA) is 69.6 Å². The van der Waals surface area contributed by atoms with Gasteiger partial charge in [0.25, 0.3) is 0 Å². The lowest BCUT2D eigenvalue weighted by molar-refractivity contribution is 0.783. The van der Waals surface area contributed by atoms with E-state index in [1.165, 1.54) is 0 Å². The fourth-order valence-electron chi connectivity index (χ4n) is 2.27. The van der Waals surface area contributed by atoms with Gasteiger partial charge in [-0.05, 0) is 40.6 Å². The normalized spacial score (nSPS) is 10.8. The summed E-state index contributed by atoms with van der Waals surface area (Å²) in [6.07, 6.45) is 0.889. The van der Waals surface area contributed by atoms with Crippen LogP contribution in [0, 0.1) is 0 Å². The average Bonchev–Trinajstić information content (AvgIpc) is 2.99. The Morgan fingerprint density at radius 3 is 2.76 bits per heavy atom. The molecule has 0 aliphatic carbocycles. The number of hydrogen-bond donors (Lipinski definition) is 1. The molecule has 0 unspecified atom stereocenters. The Labute approximate surface area is 127 Å². The van der Waals surface area contributed by atoms with Crippen molar-refractivity contribution in [3.8, 4) is 17.1 Å². The van der Waals surface area contributed by atoms with E-state index in [1.54, 1.807) is 10.7 Å². The van der Waals surface area contributed by atoms with E-state index in [0.29, 0.717) is 16.5 Å². The van der Waals surface area contributed by atoms with E-state index < -0.39 is 0 Å². The highest BCUT2D eigenvalue weighted by molar-refractivity contribution is 6.33. The minimum atomic E-state index is 0.476. The van der Waals surface area contributed by atoms with Crippen molar-refractivity contribution in [2.24, 2.45) is 0 Å². The van der Waals surface area contributed by atoms with E-state index in [1.807, 2.05) is 30.3 Å². The summed E-state index contributed by atoms with van der Waals surface area (Å²) in [6, 6.07) is 13.4. The second-order valence-electron chi connectivity index (χ2n) is 4.60. The Bertz CT molecular complexity index is 781. The van der Waals surface area contributed by atoms with Crippen LogP contribution in [0.5, 0.6) is 0 Å². The predicted octanol–water partition coefficient (Wildman–Crippen LogP) is 3.13. The highest BCUT2D eigenvalue weighted by Crippen LogP contribution is 2.31.